The lowest BCUT2D eigenvalue weighted by molar-refractivity contribution is -0.128. The van der Waals surface area contributed by atoms with Crippen LogP contribution in [-0.2, 0) is 11.3 Å². The van der Waals surface area contributed by atoms with Gasteiger partial charge in [-0.05, 0) is 69.3 Å². The van der Waals surface area contributed by atoms with E-state index in [1.807, 2.05) is 38.4 Å². The van der Waals surface area contributed by atoms with Crippen LogP contribution in [0.15, 0.2) is 24.3 Å². The summed E-state index contributed by atoms with van der Waals surface area (Å²) in [5.74, 6) is 2.28. The monoisotopic (exact) mass is 431 g/mol. The second kappa shape index (κ2) is 11.9. The van der Waals surface area contributed by atoms with Crippen LogP contribution in [0.2, 0.25) is 0 Å². The van der Waals surface area contributed by atoms with Crippen LogP contribution in [0.25, 0.3) is 0 Å². The van der Waals surface area contributed by atoms with E-state index in [9.17, 15) is 4.79 Å². The highest BCUT2D eigenvalue weighted by atomic mass is 35.5. The molecule has 5 nitrogen and oxygen atoms in total. The van der Waals surface area contributed by atoms with Crippen molar-refractivity contribution in [2.24, 2.45) is 23.5 Å². The summed E-state index contributed by atoms with van der Waals surface area (Å²) < 4.78 is 5.70. The van der Waals surface area contributed by atoms with Gasteiger partial charge in [-0.15, -0.1) is 24.8 Å². The van der Waals surface area contributed by atoms with Gasteiger partial charge in [-0.25, -0.2) is 0 Å². The fraction of sp³-hybridized carbons (Fsp3) is 0.667. The number of hydrogen-bond acceptors (Lipinski definition) is 4. The molecule has 2 atom stereocenters. The zero-order valence-corrected chi connectivity index (χ0v) is 18.6. The van der Waals surface area contributed by atoms with Crippen molar-refractivity contribution in [3.05, 3.63) is 29.8 Å². The fourth-order valence-electron chi connectivity index (χ4n) is 4.39. The lowest BCUT2D eigenvalue weighted by atomic mass is 9.65. The molecule has 1 aromatic carbocycles. The van der Waals surface area contributed by atoms with Crippen molar-refractivity contribution in [3.63, 3.8) is 0 Å². The Morgan fingerprint density at radius 3 is 2.32 bits per heavy atom. The van der Waals surface area contributed by atoms with Crippen molar-refractivity contribution in [1.29, 1.82) is 0 Å². The van der Waals surface area contributed by atoms with E-state index in [4.69, 9.17) is 10.5 Å². The van der Waals surface area contributed by atoms with Crippen molar-refractivity contribution < 1.29 is 9.53 Å². The molecule has 2 saturated carbocycles. The molecule has 0 saturated heterocycles. The molecule has 2 unspecified atom stereocenters. The smallest absolute Gasteiger partial charge is 0.223 e. The van der Waals surface area contributed by atoms with E-state index >= 15 is 0 Å². The molecule has 0 aliphatic heterocycles. The van der Waals surface area contributed by atoms with Crippen LogP contribution in [-0.4, -0.2) is 44.1 Å². The lowest BCUT2D eigenvalue weighted by Gasteiger charge is -2.43. The molecule has 0 heterocycles. The third-order valence-corrected chi connectivity index (χ3v) is 5.98. The number of nitrogens with two attached hydrogens (primary N) is 1. The molecule has 2 aliphatic rings. The molecule has 7 heteroatoms. The molecule has 2 bridgehead atoms. The van der Waals surface area contributed by atoms with Crippen LogP contribution in [0.4, 0.5) is 0 Å². The van der Waals surface area contributed by atoms with E-state index < -0.39 is 0 Å². The van der Waals surface area contributed by atoms with Crippen molar-refractivity contribution in [1.82, 2.24) is 10.2 Å². The maximum absolute atomic E-state index is 12.6. The van der Waals surface area contributed by atoms with Crippen molar-refractivity contribution in [2.45, 2.75) is 44.7 Å². The highest BCUT2D eigenvalue weighted by Crippen LogP contribution is 2.41. The maximum atomic E-state index is 12.6. The van der Waals surface area contributed by atoms with Gasteiger partial charge in [0.25, 0.3) is 0 Å². The van der Waals surface area contributed by atoms with Gasteiger partial charge in [0.2, 0.25) is 5.91 Å². The lowest BCUT2D eigenvalue weighted by Crippen LogP contribution is -2.49. The Hall–Kier alpha value is -1.01. The van der Waals surface area contributed by atoms with Crippen LogP contribution in [0.3, 0.4) is 0 Å². The predicted molar refractivity (Wildman–Crippen MR) is 118 cm³/mol. The van der Waals surface area contributed by atoms with Gasteiger partial charge in [-0.1, -0.05) is 18.6 Å². The summed E-state index contributed by atoms with van der Waals surface area (Å²) in [6.07, 6.45) is 5.58. The van der Waals surface area contributed by atoms with Crippen LogP contribution < -0.4 is 15.8 Å². The first-order valence-electron chi connectivity index (χ1n) is 9.92. The number of likely N-dealkylation sites (N-methyl/N-ethyl adjacent to an activating group) is 1. The largest absolute Gasteiger partial charge is 0.492 e. The van der Waals surface area contributed by atoms with Crippen LogP contribution in [0.5, 0.6) is 5.75 Å². The number of nitrogens with one attached hydrogen (secondary N) is 1. The average molecular weight is 432 g/mol. The Bertz CT molecular complexity index is 584. The minimum Gasteiger partial charge on any atom is -0.492 e. The number of nitrogens with zero attached hydrogens (tertiary/aromatic N) is 1. The molecular formula is C21H35Cl2N3O2. The number of ether oxygens (including phenoxy) is 1. The molecule has 0 aromatic heterocycles. The van der Waals surface area contributed by atoms with E-state index in [1.54, 1.807) is 0 Å². The number of benzene rings is 1. The molecule has 28 heavy (non-hydrogen) atoms. The predicted octanol–water partition coefficient (Wildman–Crippen LogP) is 3.24. The summed E-state index contributed by atoms with van der Waals surface area (Å²) in [5.41, 5.74) is 7.43. The number of rotatable bonds is 7. The standard InChI is InChI=1S/C21H33N3O2.2ClH/c1-24(2)10-11-26-19-8-6-15(7-9-19)14-23-21(25)18-12-16-4-3-5-17(13-18)20(16)22;;/h6-9,16-18,20H,3-5,10-14,22H2,1-2H3,(H,23,25);2*1H. The molecular weight excluding hydrogens is 397 g/mol. The molecule has 0 spiro atoms. The number of amides is 1. The Morgan fingerprint density at radius 2 is 1.75 bits per heavy atom. The first kappa shape index (κ1) is 25.0. The highest BCUT2D eigenvalue weighted by molar-refractivity contribution is 5.85. The van der Waals surface area contributed by atoms with Gasteiger partial charge in [-0.2, -0.15) is 0 Å². The molecule has 1 aromatic rings. The topological polar surface area (TPSA) is 67.6 Å². The van der Waals surface area contributed by atoms with Gasteiger partial charge in [0.05, 0.1) is 0 Å². The van der Waals surface area contributed by atoms with E-state index in [0.717, 1.165) is 30.7 Å². The summed E-state index contributed by atoms with van der Waals surface area (Å²) in [7, 11) is 4.06. The third-order valence-electron chi connectivity index (χ3n) is 5.98. The molecule has 1 amide bonds. The fourth-order valence-corrected chi connectivity index (χ4v) is 4.39. The second-order valence-corrected chi connectivity index (χ2v) is 8.21. The second-order valence-electron chi connectivity index (χ2n) is 8.21. The normalized spacial score (nSPS) is 26.0. The number of hydrogen-bond donors (Lipinski definition) is 2. The first-order valence-corrected chi connectivity index (χ1v) is 9.92. The third kappa shape index (κ3) is 6.80. The number of halogens is 2. The van der Waals surface area contributed by atoms with Gasteiger partial charge in [-0.3, -0.25) is 4.79 Å². The Balaban J connectivity index is 0.00000196. The zero-order chi connectivity index (χ0) is 18.5. The van der Waals surface area contributed by atoms with Gasteiger partial charge in [0.15, 0.2) is 0 Å². The molecule has 160 valence electrons. The average Bonchev–Trinajstić information content (AvgIpc) is 2.60. The summed E-state index contributed by atoms with van der Waals surface area (Å²) in [5, 5.41) is 3.12. The SMILES string of the molecule is CN(C)CCOc1ccc(CNC(=O)C2CC3CCCC(C2)C3N)cc1.Cl.Cl. The van der Waals surface area contributed by atoms with E-state index in [-0.39, 0.29) is 36.6 Å². The van der Waals surface area contributed by atoms with Crippen molar-refractivity contribution >= 4 is 30.7 Å². The van der Waals surface area contributed by atoms with E-state index in [0.29, 0.717) is 31.0 Å². The summed E-state index contributed by atoms with van der Waals surface area (Å²) in [6.45, 7) is 2.15. The zero-order valence-electron chi connectivity index (χ0n) is 16.9. The minimum atomic E-state index is 0. The van der Waals surface area contributed by atoms with Gasteiger partial charge >= 0.3 is 0 Å². The Labute approximate surface area is 181 Å². The van der Waals surface area contributed by atoms with Gasteiger partial charge in [0, 0.05) is 25.0 Å². The van der Waals surface area contributed by atoms with Crippen molar-refractivity contribution in [2.75, 3.05) is 27.2 Å². The molecule has 3 N–H and O–H groups in total. The minimum absolute atomic E-state index is 0. The maximum Gasteiger partial charge on any atom is 0.223 e. The number of carbonyl (C=O) groups is 1. The summed E-state index contributed by atoms with van der Waals surface area (Å²) in [4.78, 5) is 14.7. The van der Waals surface area contributed by atoms with Crippen molar-refractivity contribution in [3.8, 4) is 5.75 Å². The van der Waals surface area contributed by atoms with Crippen LogP contribution in [0.1, 0.15) is 37.7 Å². The van der Waals surface area contributed by atoms with Gasteiger partial charge < -0.3 is 20.7 Å². The molecule has 0 radical (unpaired) electrons. The van der Waals surface area contributed by atoms with E-state index in [2.05, 4.69) is 10.2 Å². The number of fused-ring (bicyclic) bond motifs is 2. The molecule has 2 aliphatic carbocycles. The summed E-state index contributed by atoms with van der Waals surface area (Å²) in [6, 6.07) is 8.31. The Morgan fingerprint density at radius 1 is 1.14 bits per heavy atom. The van der Waals surface area contributed by atoms with Crippen LogP contribution >= 0.6 is 24.8 Å². The Kier molecular flexibility index (Phi) is 10.6. The first-order chi connectivity index (χ1) is 12.5. The van der Waals surface area contributed by atoms with Crippen LogP contribution in [0, 0.1) is 17.8 Å². The highest BCUT2D eigenvalue weighted by Gasteiger charge is 2.40. The van der Waals surface area contributed by atoms with E-state index in [1.165, 1.54) is 19.3 Å². The number of carbonyl (C=O) groups excluding carboxylic acids is 1. The molecule has 3 rings (SSSR count). The summed E-state index contributed by atoms with van der Waals surface area (Å²) >= 11 is 0. The quantitative estimate of drug-likeness (QED) is 0.694. The molecule has 2 fully saturated rings. The van der Waals surface area contributed by atoms with Gasteiger partial charge in [0.1, 0.15) is 12.4 Å².